The molecule has 0 atom stereocenters. The number of rotatable bonds is 5. The highest BCUT2D eigenvalue weighted by atomic mass is 35.5. The minimum absolute atomic E-state index is 0.454. The molecule has 2 aromatic carbocycles. The molecule has 2 amide bonds. The third-order valence-corrected chi connectivity index (χ3v) is 4.29. The fraction of sp³-hybridized carbons (Fsp3) is 0.125. The number of halogens is 1. The molecule has 7 nitrogen and oxygen atoms in total. The number of carbonyl (C=O) groups excluding carboxylic acids is 1. The zero-order valence-electron chi connectivity index (χ0n) is 13.3. The molecule has 1 heterocycles. The van der Waals surface area contributed by atoms with Crippen molar-refractivity contribution < 1.29 is 18.8 Å². The molecule has 25 heavy (non-hydrogen) atoms. The molecule has 0 radical (unpaired) electrons. The van der Waals surface area contributed by atoms with Crippen LogP contribution in [0.1, 0.15) is 0 Å². The Morgan fingerprint density at radius 2 is 2.00 bits per heavy atom. The van der Waals surface area contributed by atoms with Gasteiger partial charge in [-0.05, 0) is 30.3 Å². The number of hydrogen-bond acceptors (Lipinski definition) is 6. The minimum atomic E-state index is -0.461. The van der Waals surface area contributed by atoms with Crippen molar-refractivity contribution in [1.29, 1.82) is 0 Å². The van der Waals surface area contributed by atoms with E-state index in [-0.39, 0.29) is 0 Å². The maximum atomic E-state index is 12.1. The van der Waals surface area contributed by atoms with E-state index in [1.807, 2.05) is 0 Å². The molecule has 0 aliphatic carbocycles. The van der Waals surface area contributed by atoms with Crippen LogP contribution in [0.15, 0.2) is 45.9 Å². The molecule has 0 unspecified atom stereocenters. The van der Waals surface area contributed by atoms with Gasteiger partial charge in [-0.15, -0.1) is 0 Å². The average molecular weight is 380 g/mol. The molecule has 9 heteroatoms. The lowest BCUT2D eigenvalue weighted by Gasteiger charge is -2.10. The van der Waals surface area contributed by atoms with Crippen LogP contribution in [0.25, 0.3) is 11.0 Å². The zero-order valence-corrected chi connectivity index (χ0v) is 14.9. The van der Waals surface area contributed by atoms with E-state index >= 15 is 0 Å². The lowest BCUT2D eigenvalue weighted by molar-refractivity contribution is 0.257. The summed E-state index contributed by atoms with van der Waals surface area (Å²) < 4.78 is 18.4. The van der Waals surface area contributed by atoms with Crippen molar-refractivity contribution in [2.45, 2.75) is 5.03 Å². The Labute approximate surface area is 152 Å². The predicted octanol–water partition coefficient (Wildman–Crippen LogP) is 4.33. The van der Waals surface area contributed by atoms with E-state index < -0.39 is 6.03 Å². The fourth-order valence-electron chi connectivity index (χ4n) is 2.19. The van der Waals surface area contributed by atoms with Crippen LogP contribution in [0.3, 0.4) is 0 Å². The van der Waals surface area contributed by atoms with Crippen LogP contribution < -0.4 is 19.5 Å². The first-order valence-corrected chi connectivity index (χ1v) is 8.31. The van der Waals surface area contributed by atoms with Gasteiger partial charge >= 0.3 is 6.03 Å². The van der Waals surface area contributed by atoms with E-state index in [0.29, 0.717) is 38.2 Å². The summed E-state index contributed by atoms with van der Waals surface area (Å²) in [6, 6.07) is 9.84. The van der Waals surface area contributed by atoms with Crippen molar-refractivity contribution in [3.63, 3.8) is 0 Å². The van der Waals surface area contributed by atoms with E-state index in [9.17, 15) is 4.79 Å². The molecule has 2 N–H and O–H groups in total. The molecular formula is C16H14ClN3O4S. The van der Waals surface area contributed by atoms with Gasteiger partial charge in [0.15, 0.2) is 10.6 Å². The summed E-state index contributed by atoms with van der Waals surface area (Å²) >= 11 is 6.96. The molecule has 0 saturated carbocycles. The molecule has 0 saturated heterocycles. The highest BCUT2D eigenvalue weighted by Crippen LogP contribution is 2.33. The van der Waals surface area contributed by atoms with Crippen LogP contribution >= 0.6 is 23.5 Å². The van der Waals surface area contributed by atoms with Crippen LogP contribution in [0.4, 0.5) is 10.5 Å². The predicted molar refractivity (Wildman–Crippen MR) is 96.6 cm³/mol. The Balaban J connectivity index is 1.72. The Hall–Kier alpha value is -2.58. The Bertz CT molecular complexity index is 916. The first-order chi connectivity index (χ1) is 12.1. The van der Waals surface area contributed by atoms with E-state index in [0.717, 1.165) is 11.9 Å². The summed E-state index contributed by atoms with van der Waals surface area (Å²) in [5.74, 6) is 1.11. The number of carbonyl (C=O) groups is 1. The Morgan fingerprint density at radius 1 is 1.20 bits per heavy atom. The number of ether oxygens (including phenoxy) is 2. The smallest absolute Gasteiger partial charge is 0.329 e. The van der Waals surface area contributed by atoms with E-state index in [4.69, 9.17) is 25.6 Å². The van der Waals surface area contributed by atoms with Crippen molar-refractivity contribution in [3.8, 4) is 11.5 Å². The summed E-state index contributed by atoms with van der Waals surface area (Å²) in [7, 11) is 3.07. The van der Waals surface area contributed by atoms with Crippen LogP contribution in [0.5, 0.6) is 11.5 Å². The molecular weight excluding hydrogens is 366 g/mol. The molecule has 0 bridgehead atoms. The first kappa shape index (κ1) is 17.2. The van der Waals surface area contributed by atoms with E-state index in [1.54, 1.807) is 43.5 Å². The molecule has 130 valence electrons. The van der Waals surface area contributed by atoms with Gasteiger partial charge in [-0.3, -0.25) is 4.72 Å². The largest absolute Gasteiger partial charge is 0.496 e. The number of anilines is 1. The van der Waals surface area contributed by atoms with Gasteiger partial charge in [-0.25, -0.2) is 4.79 Å². The minimum Gasteiger partial charge on any atom is -0.496 e. The quantitative estimate of drug-likeness (QED) is 0.642. The van der Waals surface area contributed by atoms with Gasteiger partial charge in [-0.1, -0.05) is 22.8 Å². The number of nitrogens with zero attached hydrogens (tertiary/aromatic N) is 1. The number of urea groups is 1. The molecule has 0 aliphatic heterocycles. The second-order valence-electron chi connectivity index (χ2n) is 4.82. The monoisotopic (exact) mass is 379 g/mol. The molecule has 0 fully saturated rings. The SMILES string of the molecule is COc1ccc(Cl)cc1NC(=O)NSc1noc2cccc(OC)c12. The number of nitrogens with one attached hydrogen (secondary N) is 2. The molecule has 3 aromatic rings. The second-order valence-corrected chi connectivity index (χ2v) is 6.06. The fourth-order valence-corrected chi connectivity index (χ4v) is 2.98. The van der Waals surface area contributed by atoms with Crippen molar-refractivity contribution in [2.75, 3.05) is 19.5 Å². The van der Waals surface area contributed by atoms with Crippen LogP contribution in [0.2, 0.25) is 5.02 Å². The zero-order chi connectivity index (χ0) is 17.8. The first-order valence-electron chi connectivity index (χ1n) is 7.12. The van der Waals surface area contributed by atoms with Crippen molar-refractivity contribution in [2.24, 2.45) is 0 Å². The summed E-state index contributed by atoms with van der Waals surface area (Å²) in [6.07, 6.45) is 0. The van der Waals surface area contributed by atoms with E-state index in [2.05, 4.69) is 15.2 Å². The van der Waals surface area contributed by atoms with Gasteiger partial charge in [0.05, 0.1) is 25.3 Å². The number of aromatic nitrogens is 1. The Morgan fingerprint density at radius 3 is 2.76 bits per heavy atom. The molecule has 0 aliphatic rings. The normalized spacial score (nSPS) is 10.5. The lowest BCUT2D eigenvalue weighted by atomic mass is 10.2. The summed E-state index contributed by atoms with van der Waals surface area (Å²) in [6.45, 7) is 0. The van der Waals surface area contributed by atoms with Crippen molar-refractivity contribution in [3.05, 3.63) is 41.4 Å². The van der Waals surface area contributed by atoms with Crippen molar-refractivity contribution >= 4 is 46.2 Å². The third kappa shape index (κ3) is 3.75. The van der Waals surface area contributed by atoms with Gasteiger partial charge in [0.25, 0.3) is 0 Å². The maximum Gasteiger partial charge on any atom is 0.329 e. The average Bonchev–Trinajstić information content (AvgIpc) is 3.03. The molecule has 0 spiro atoms. The van der Waals surface area contributed by atoms with Crippen LogP contribution in [-0.4, -0.2) is 25.4 Å². The maximum absolute atomic E-state index is 12.1. The number of methoxy groups -OCH3 is 2. The standard InChI is InChI=1S/C16H14ClN3O4S/c1-22-11-7-6-9(17)8-10(11)18-16(21)20-25-15-14-12(23-2)4-3-5-13(14)24-19-15/h3-8H,1-2H3,(H2,18,20,21). The number of benzene rings is 2. The van der Waals surface area contributed by atoms with Gasteiger partial charge in [-0.2, -0.15) is 0 Å². The summed E-state index contributed by atoms with van der Waals surface area (Å²) in [5.41, 5.74) is 1.02. The molecule has 3 rings (SSSR count). The summed E-state index contributed by atoms with van der Waals surface area (Å²) in [5, 5.41) is 8.28. The van der Waals surface area contributed by atoms with Gasteiger partial charge in [0.1, 0.15) is 11.5 Å². The highest BCUT2D eigenvalue weighted by molar-refractivity contribution is 7.98. The highest BCUT2D eigenvalue weighted by Gasteiger charge is 2.15. The topological polar surface area (TPSA) is 85.6 Å². The van der Waals surface area contributed by atoms with Crippen molar-refractivity contribution in [1.82, 2.24) is 9.88 Å². The van der Waals surface area contributed by atoms with Gasteiger partial charge < -0.3 is 19.3 Å². The Kier molecular flexibility index (Phi) is 5.20. The van der Waals surface area contributed by atoms with Crippen LogP contribution in [-0.2, 0) is 0 Å². The number of hydrogen-bond donors (Lipinski definition) is 2. The lowest BCUT2D eigenvalue weighted by Crippen LogP contribution is -2.23. The number of amides is 2. The van der Waals surface area contributed by atoms with Gasteiger partial charge in [0, 0.05) is 17.0 Å². The second kappa shape index (κ2) is 7.54. The third-order valence-electron chi connectivity index (χ3n) is 3.30. The molecule has 1 aromatic heterocycles. The van der Waals surface area contributed by atoms with Gasteiger partial charge in [0.2, 0.25) is 0 Å². The van der Waals surface area contributed by atoms with Crippen LogP contribution in [0, 0.1) is 0 Å². The number of fused-ring (bicyclic) bond motifs is 1. The summed E-state index contributed by atoms with van der Waals surface area (Å²) in [4.78, 5) is 12.1. The van der Waals surface area contributed by atoms with E-state index in [1.165, 1.54) is 7.11 Å².